The smallest absolute Gasteiger partial charge is 0.270 e. The van der Waals surface area contributed by atoms with Crippen LogP contribution in [0.3, 0.4) is 0 Å². The molecule has 7 heteroatoms. The molecule has 0 N–H and O–H groups in total. The number of carbonyl (C=O) groups is 1. The Morgan fingerprint density at radius 3 is 2.76 bits per heavy atom. The maximum atomic E-state index is 12.1. The number of hydrogen-bond donors (Lipinski definition) is 0. The van der Waals surface area contributed by atoms with E-state index >= 15 is 0 Å². The highest BCUT2D eigenvalue weighted by Crippen LogP contribution is 2.23. The lowest BCUT2D eigenvalue weighted by atomic mass is 10.1. The number of ketones is 1. The standard InChI is InChI=1S/C14H12ClN3O3/c1-9-12(8-16-17(9)2)14(19)6-3-10-7-11(18(20)21)4-5-13(10)15/h3-8H,1-2H3/b6-3+. The predicted molar refractivity (Wildman–Crippen MR) is 79.4 cm³/mol. The van der Waals surface area contributed by atoms with Gasteiger partial charge < -0.3 is 0 Å². The molecule has 1 aromatic heterocycles. The molecule has 0 aliphatic carbocycles. The summed E-state index contributed by atoms with van der Waals surface area (Å²) < 4.78 is 1.60. The molecule has 0 saturated heterocycles. The fraction of sp³-hybridized carbons (Fsp3) is 0.143. The topological polar surface area (TPSA) is 78.0 Å². The van der Waals surface area contributed by atoms with Gasteiger partial charge in [0.15, 0.2) is 5.78 Å². The molecule has 0 bridgehead atoms. The third kappa shape index (κ3) is 3.17. The quantitative estimate of drug-likeness (QED) is 0.376. The zero-order chi connectivity index (χ0) is 15.6. The van der Waals surface area contributed by atoms with Gasteiger partial charge in [0.1, 0.15) is 0 Å². The minimum atomic E-state index is -0.513. The zero-order valence-electron chi connectivity index (χ0n) is 11.4. The molecule has 0 unspecified atom stereocenters. The summed E-state index contributed by atoms with van der Waals surface area (Å²) in [6, 6.07) is 4.06. The first kappa shape index (κ1) is 14.9. The number of non-ortho nitro benzene ring substituents is 1. The van der Waals surface area contributed by atoms with Gasteiger partial charge in [0.2, 0.25) is 0 Å². The van der Waals surface area contributed by atoms with Crippen molar-refractivity contribution in [1.82, 2.24) is 9.78 Å². The van der Waals surface area contributed by atoms with Crippen LogP contribution in [0.25, 0.3) is 6.08 Å². The molecule has 1 heterocycles. The van der Waals surface area contributed by atoms with E-state index in [1.165, 1.54) is 36.5 Å². The highest BCUT2D eigenvalue weighted by atomic mass is 35.5. The van der Waals surface area contributed by atoms with Gasteiger partial charge in [0.25, 0.3) is 5.69 Å². The molecular weight excluding hydrogens is 294 g/mol. The van der Waals surface area contributed by atoms with E-state index in [0.717, 1.165) is 5.69 Å². The molecule has 0 saturated carbocycles. The monoisotopic (exact) mass is 305 g/mol. The summed E-state index contributed by atoms with van der Waals surface area (Å²) in [5.74, 6) is -0.233. The van der Waals surface area contributed by atoms with E-state index in [4.69, 9.17) is 11.6 Å². The first-order valence-corrected chi connectivity index (χ1v) is 6.43. The fourth-order valence-electron chi connectivity index (χ4n) is 1.77. The van der Waals surface area contributed by atoms with Crippen LogP contribution in [0, 0.1) is 17.0 Å². The van der Waals surface area contributed by atoms with Crippen LogP contribution in [0.4, 0.5) is 5.69 Å². The number of carbonyl (C=O) groups excluding carboxylic acids is 1. The number of hydrogen-bond acceptors (Lipinski definition) is 4. The van der Waals surface area contributed by atoms with E-state index in [9.17, 15) is 14.9 Å². The second-order valence-corrected chi connectivity index (χ2v) is 4.83. The Balaban J connectivity index is 2.29. The number of allylic oxidation sites excluding steroid dienone is 1. The van der Waals surface area contributed by atoms with Crippen molar-refractivity contribution >= 4 is 29.1 Å². The number of nitrogens with zero attached hydrogens (tertiary/aromatic N) is 3. The van der Waals surface area contributed by atoms with Gasteiger partial charge in [-0.05, 0) is 30.7 Å². The maximum absolute atomic E-state index is 12.1. The second kappa shape index (κ2) is 5.88. The summed E-state index contributed by atoms with van der Waals surface area (Å²) in [4.78, 5) is 22.3. The van der Waals surface area contributed by atoms with Crippen LogP contribution in [-0.2, 0) is 7.05 Å². The molecule has 0 aliphatic heterocycles. The average Bonchev–Trinajstić information content (AvgIpc) is 2.77. The van der Waals surface area contributed by atoms with Gasteiger partial charge in [0.05, 0.1) is 16.7 Å². The summed E-state index contributed by atoms with van der Waals surface area (Å²) in [5, 5.41) is 15.1. The number of aromatic nitrogens is 2. The van der Waals surface area contributed by atoms with Crippen molar-refractivity contribution in [2.75, 3.05) is 0 Å². The lowest BCUT2D eigenvalue weighted by molar-refractivity contribution is -0.384. The first-order valence-electron chi connectivity index (χ1n) is 6.05. The number of nitro groups is 1. The number of benzene rings is 1. The van der Waals surface area contributed by atoms with Crippen LogP contribution in [0.1, 0.15) is 21.6 Å². The highest BCUT2D eigenvalue weighted by Gasteiger charge is 2.11. The van der Waals surface area contributed by atoms with Gasteiger partial charge in [-0.2, -0.15) is 5.10 Å². The molecule has 0 amide bonds. The van der Waals surface area contributed by atoms with Crippen molar-refractivity contribution < 1.29 is 9.72 Å². The Bertz CT molecular complexity index is 750. The lowest BCUT2D eigenvalue weighted by Gasteiger charge is -1.99. The molecule has 0 radical (unpaired) electrons. The normalized spacial score (nSPS) is 11.0. The third-order valence-electron chi connectivity index (χ3n) is 3.11. The maximum Gasteiger partial charge on any atom is 0.270 e. The fourth-order valence-corrected chi connectivity index (χ4v) is 1.95. The Labute approximate surface area is 125 Å². The second-order valence-electron chi connectivity index (χ2n) is 4.43. The van der Waals surface area contributed by atoms with Crippen LogP contribution in [-0.4, -0.2) is 20.5 Å². The number of nitro benzene ring substituents is 1. The molecule has 1 aromatic carbocycles. The van der Waals surface area contributed by atoms with Crippen LogP contribution in [0.2, 0.25) is 5.02 Å². The zero-order valence-corrected chi connectivity index (χ0v) is 12.2. The molecule has 0 fully saturated rings. The largest absolute Gasteiger partial charge is 0.289 e. The average molecular weight is 306 g/mol. The molecule has 108 valence electrons. The summed E-state index contributed by atoms with van der Waals surface area (Å²) in [7, 11) is 1.74. The van der Waals surface area contributed by atoms with E-state index < -0.39 is 4.92 Å². The molecule has 6 nitrogen and oxygen atoms in total. The summed E-state index contributed by atoms with van der Waals surface area (Å²) in [6.45, 7) is 1.79. The van der Waals surface area contributed by atoms with Gasteiger partial charge in [-0.1, -0.05) is 11.6 Å². The van der Waals surface area contributed by atoms with Crippen LogP contribution in [0.15, 0.2) is 30.5 Å². The van der Waals surface area contributed by atoms with E-state index in [1.54, 1.807) is 18.7 Å². The first-order chi connectivity index (χ1) is 9.90. The van der Waals surface area contributed by atoms with E-state index in [-0.39, 0.29) is 11.5 Å². The number of rotatable bonds is 4. The number of halogens is 1. The van der Waals surface area contributed by atoms with Crippen LogP contribution < -0.4 is 0 Å². The van der Waals surface area contributed by atoms with E-state index in [0.29, 0.717) is 16.1 Å². The molecule has 2 rings (SSSR count). The SMILES string of the molecule is Cc1c(C(=O)/C=C/c2cc([N+](=O)[O-])ccc2Cl)cnn1C. The van der Waals surface area contributed by atoms with Gasteiger partial charge in [0, 0.05) is 29.9 Å². The van der Waals surface area contributed by atoms with Crippen molar-refractivity contribution in [3.63, 3.8) is 0 Å². The minimum Gasteiger partial charge on any atom is -0.289 e. The molecule has 0 aliphatic rings. The molecule has 0 spiro atoms. The Morgan fingerprint density at radius 1 is 1.48 bits per heavy atom. The lowest BCUT2D eigenvalue weighted by Crippen LogP contribution is -1.98. The van der Waals surface area contributed by atoms with Gasteiger partial charge in [-0.15, -0.1) is 0 Å². The molecule has 21 heavy (non-hydrogen) atoms. The van der Waals surface area contributed by atoms with Gasteiger partial charge >= 0.3 is 0 Å². The number of aryl methyl sites for hydroxylation is 1. The van der Waals surface area contributed by atoms with Crippen molar-refractivity contribution in [3.05, 3.63) is 62.4 Å². The predicted octanol–water partition coefficient (Wildman–Crippen LogP) is 3.19. The summed E-state index contributed by atoms with van der Waals surface area (Å²) in [6.07, 6.45) is 4.27. The van der Waals surface area contributed by atoms with Gasteiger partial charge in [-0.3, -0.25) is 19.6 Å². The molecule has 2 aromatic rings. The van der Waals surface area contributed by atoms with Gasteiger partial charge in [-0.25, -0.2) is 0 Å². The van der Waals surface area contributed by atoms with Crippen LogP contribution >= 0.6 is 11.6 Å². The molecular formula is C14H12ClN3O3. The van der Waals surface area contributed by atoms with Crippen molar-refractivity contribution in [2.45, 2.75) is 6.92 Å². The third-order valence-corrected chi connectivity index (χ3v) is 3.45. The van der Waals surface area contributed by atoms with Crippen molar-refractivity contribution in [1.29, 1.82) is 0 Å². The Morgan fingerprint density at radius 2 is 2.19 bits per heavy atom. The van der Waals surface area contributed by atoms with Crippen LogP contribution in [0.5, 0.6) is 0 Å². The molecule has 0 atom stereocenters. The Kier molecular flexibility index (Phi) is 4.18. The minimum absolute atomic E-state index is 0.0796. The summed E-state index contributed by atoms with van der Waals surface area (Å²) >= 11 is 5.96. The summed E-state index contributed by atoms with van der Waals surface area (Å²) in [5.41, 5.74) is 1.56. The Hall–Kier alpha value is -2.47. The van der Waals surface area contributed by atoms with Crippen molar-refractivity contribution in [3.8, 4) is 0 Å². The highest BCUT2D eigenvalue weighted by molar-refractivity contribution is 6.32. The van der Waals surface area contributed by atoms with E-state index in [2.05, 4.69) is 5.10 Å². The van der Waals surface area contributed by atoms with E-state index in [1.807, 2.05) is 0 Å². The van der Waals surface area contributed by atoms with Crippen molar-refractivity contribution in [2.24, 2.45) is 7.05 Å².